The highest BCUT2D eigenvalue weighted by Crippen LogP contribution is 2.28. The van der Waals surface area contributed by atoms with Crippen LogP contribution in [0.3, 0.4) is 0 Å². The van der Waals surface area contributed by atoms with Gasteiger partial charge in [0, 0.05) is 50.5 Å². The van der Waals surface area contributed by atoms with E-state index >= 15 is 0 Å². The third kappa shape index (κ3) is 5.94. The van der Waals surface area contributed by atoms with E-state index in [1.54, 1.807) is 0 Å². The lowest BCUT2D eigenvalue weighted by Crippen LogP contribution is -2.62. The molecule has 3 heterocycles. The van der Waals surface area contributed by atoms with Gasteiger partial charge in [0.15, 0.2) is 0 Å². The van der Waals surface area contributed by atoms with Crippen molar-refractivity contribution in [2.75, 3.05) is 38.1 Å². The number of benzene rings is 2. The van der Waals surface area contributed by atoms with Crippen molar-refractivity contribution in [3.63, 3.8) is 0 Å². The van der Waals surface area contributed by atoms with Gasteiger partial charge < -0.3 is 9.80 Å². The number of rotatable bonds is 6. The van der Waals surface area contributed by atoms with Gasteiger partial charge in [-0.2, -0.15) is 0 Å². The van der Waals surface area contributed by atoms with Crippen molar-refractivity contribution in [2.45, 2.75) is 57.7 Å². The molecular formula is C31H40N4. The van der Waals surface area contributed by atoms with Crippen LogP contribution < -0.4 is 4.90 Å². The average molecular weight is 469 g/mol. The minimum atomic E-state index is 0.556. The molecule has 0 spiro atoms. The molecule has 2 aromatic carbocycles. The van der Waals surface area contributed by atoms with Crippen LogP contribution in [0.2, 0.25) is 0 Å². The first-order valence-corrected chi connectivity index (χ1v) is 13.3. The molecule has 2 saturated heterocycles. The quantitative estimate of drug-likeness (QED) is 0.500. The third-order valence-electron chi connectivity index (χ3n) is 8.10. The summed E-state index contributed by atoms with van der Waals surface area (Å²) >= 11 is 0. The Morgan fingerprint density at radius 1 is 0.743 bits per heavy atom. The Balaban J connectivity index is 1.31. The molecule has 5 rings (SSSR count). The molecule has 2 unspecified atom stereocenters. The van der Waals surface area contributed by atoms with Crippen LogP contribution in [0.4, 0.5) is 5.82 Å². The van der Waals surface area contributed by atoms with Crippen LogP contribution in [-0.4, -0.2) is 66.1 Å². The lowest BCUT2D eigenvalue weighted by Gasteiger charge is -2.50. The zero-order valence-electron chi connectivity index (χ0n) is 21.6. The molecule has 184 valence electrons. The fourth-order valence-corrected chi connectivity index (χ4v) is 5.93. The maximum Gasteiger partial charge on any atom is 0.128 e. The van der Waals surface area contributed by atoms with Crippen molar-refractivity contribution >= 4 is 5.82 Å². The topological polar surface area (TPSA) is 22.6 Å². The Morgan fingerprint density at radius 2 is 1.34 bits per heavy atom. The highest BCUT2D eigenvalue weighted by molar-refractivity contribution is 5.38. The molecule has 2 aliphatic rings. The number of likely N-dealkylation sites (N-methyl/N-ethyl adjacent to an activating group) is 1. The molecule has 35 heavy (non-hydrogen) atoms. The summed E-state index contributed by atoms with van der Waals surface area (Å²) in [5, 5.41) is 0. The van der Waals surface area contributed by atoms with Gasteiger partial charge in [-0.15, -0.1) is 0 Å². The molecule has 0 N–H and O–H groups in total. The molecule has 0 radical (unpaired) electrons. The van der Waals surface area contributed by atoms with E-state index in [1.165, 1.54) is 35.1 Å². The van der Waals surface area contributed by atoms with Crippen molar-refractivity contribution in [1.29, 1.82) is 0 Å². The molecule has 0 bridgehead atoms. The second-order valence-corrected chi connectivity index (χ2v) is 10.7. The van der Waals surface area contributed by atoms with E-state index in [2.05, 4.69) is 101 Å². The van der Waals surface area contributed by atoms with Crippen LogP contribution in [0.15, 0.2) is 72.9 Å². The first-order valence-electron chi connectivity index (χ1n) is 13.3. The van der Waals surface area contributed by atoms with Gasteiger partial charge in [-0.3, -0.25) is 4.90 Å². The van der Waals surface area contributed by atoms with Gasteiger partial charge >= 0.3 is 0 Å². The lowest BCUT2D eigenvalue weighted by molar-refractivity contribution is 0.00738. The first-order chi connectivity index (χ1) is 17.0. The Kier molecular flexibility index (Phi) is 7.50. The number of pyridine rings is 1. The molecule has 2 aliphatic heterocycles. The van der Waals surface area contributed by atoms with E-state index in [9.17, 15) is 0 Å². The number of piperidine rings is 1. The smallest absolute Gasteiger partial charge is 0.128 e. The summed E-state index contributed by atoms with van der Waals surface area (Å²) in [5.74, 6) is 1.12. The van der Waals surface area contributed by atoms with Crippen molar-refractivity contribution in [2.24, 2.45) is 0 Å². The Morgan fingerprint density at radius 3 is 1.91 bits per heavy atom. The summed E-state index contributed by atoms with van der Waals surface area (Å²) in [7, 11) is 2.34. The van der Waals surface area contributed by atoms with Gasteiger partial charge in [0.1, 0.15) is 5.82 Å². The number of hydrogen-bond acceptors (Lipinski definition) is 4. The lowest BCUT2D eigenvalue weighted by atomic mass is 9.92. The zero-order chi connectivity index (χ0) is 24.2. The third-order valence-corrected chi connectivity index (χ3v) is 8.10. The summed E-state index contributed by atoms with van der Waals surface area (Å²) < 4.78 is 0. The van der Waals surface area contributed by atoms with Gasteiger partial charge in [0.25, 0.3) is 0 Å². The fraction of sp³-hybridized carbons (Fsp3) is 0.452. The predicted molar refractivity (Wildman–Crippen MR) is 146 cm³/mol. The number of piperazine rings is 1. The molecule has 4 nitrogen and oxygen atoms in total. The Hall–Kier alpha value is -2.69. The minimum Gasteiger partial charge on any atom is -0.357 e. The van der Waals surface area contributed by atoms with Crippen molar-refractivity contribution in [3.05, 3.63) is 95.2 Å². The number of aryl methyl sites for hydroxylation is 2. The first kappa shape index (κ1) is 24.0. The van der Waals surface area contributed by atoms with Gasteiger partial charge in [0.05, 0.1) is 0 Å². The van der Waals surface area contributed by atoms with E-state index in [0.717, 1.165) is 44.8 Å². The number of anilines is 1. The minimum absolute atomic E-state index is 0.556. The van der Waals surface area contributed by atoms with Crippen LogP contribution in [0.25, 0.3) is 0 Å². The summed E-state index contributed by atoms with van der Waals surface area (Å²) in [5.41, 5.74) is 5.59. The predicted octanol–water partition coefficient (Wildman–Crippen LogP) is 5.14. The van der Waals surface area contributed by atoms with E-state index in [4.69, 9.17) is 0 Å². The largest absolute Gasteiger partial charge is 0.357 e. The number of hydrogen-bond donors (Lipinski definition) is 0. The maximum absolute atomic E-state index is 4.60. The molecular weight excluding hydrogens is 428 g/mol. The molecule has 0 saturated carbocycles. The van der Waals surface area contributed by atoms with E-state index in [0.29, 0.717) is 18.1 Å². The zero-order valence-corrected chi connectivity index (χ0v) is 21.6. The Bertz CT molecular complexity index is 1060. The van der Waals surface area contributed by atoms with E-state index in [1.807, 2.05) is 12.3 Å². The van der Waals surface area contributed by atoms with Gasteiger partial charge in [-0.1, -0.05) is 65.7 Å². The monoisotopic (exact) mass is 468 g/mol. The molecule has 0 amide bonds. The fourth-order valence-electron chi connectivity index (χ4n) is 5.93. The molecule has 3 aromatic rings. The van der Waals surface area contributed by atoms with Crippen LogP contribution >= 0.6 is 0 Å². The summed E-state index contributed by atoms with van der Waals surface area (Å²) in [6.07, 6.45) is 6.58. The van der Waals surface area contributed by atoms with Crippen molar-refractivity contribution in [3.8, 4) is 0 Å². The average Bonchev–Trinajstić information content (AvgIpc) is 2.89. The summed E-state index contributed by atoms with van der Waals surface area (Å²) in [6, 6.07) is 26.3. The second-order valence-electron chi connectivity index (χ2n) is 10.7. The van der Waals surface area contributed by atoms with Crippen LogP contribution in [0, 0.1) is 13.8 Å². The van der Waals surface area contributed by atoms with Gasteiger partial charge in [-0.05, 0) is 69.8 Å². The number of aromatic nitrogens is 1. The SMILES string of the molecule is Cc1ccc(CC2CN(C3CCN(c4ccccn4)CC3)C(Cc3ccc(C)cc3)CN2C)cc1. The van der Waals surface area contributed by atoms with Crippen LogP contribution in [0.1, 0.15) is 35.1 Å². The van der Waals surface area contributed by atoms with Gasteiger partial charge in [-0.25, -0.2) is 4.98 Å². The summed E-state index contributed by atoms with van der Waals surface area (Å²) in [6.45, 7) is 8.81. The standard InChI is InChI=1S/C31H40N4/c1-24-7-11-26(12-8-24)20-29-23-35(28-15-18-34(19-16-28)31-6-4-5-17-32-31)30(22-33(29)3)21-27-13-9-25(2)10-14-27/h4-14,17,28-30H,15-16,18-23H2,1-3H3. The highest BCUT2D eigenvalue weighted by atomic mass is 15.3. The number of nitrogens with zero attached hydrogens (tertiary/aromatic N) is 4. The maximum atomic E-state index is 4.60. The van der Waals surface area contributed by atoms with Crippen molar-refractivity contribution < 1.29 is 0 Å². The Labute approximate surface area is 211 Å². The molecule has 2 fully saturated rings. The van der Waals surface area contributed by atoms with E-state index in [-0.39, 0.29) is 0 Å². The molecule has 0 aliphatic carbocycles. The van der Waals surface area contributed by atoms with Gasteiger partial charge in [0.2, 0.25) is 0 Å². The van der Waals surface area contributed by atoms with Crippen LogP contribution in [0.5, 0.6) is 0 Å². The molecule has 2 atom stereocenters. The molecule has 4 heteroatoms. The summed E-state index contributed by atoms with van der Waals surface area (Å²) in [4.78, 5) is 12.6. The second kappa shape index (κ2) is 10.9. The van der Waals surface area contributed by atoms with E-state index < -0.39 is 0 Å². The van der Waals surface area contributed by atoms with Crippen molar-refractivity contribution in [1.82, 2.24) is 14.8 Å². The highest BCUT2D eigenvalue weighted by Gasteiger charge is 2.37. The normalized spacial score (nSPS) is 22.4. The molecule has 1 aromatic heterocycles. The van der Waals surface area contributed by atoms with Crippen LogP contribution in [-0.2, 0) is 12.8 Å².